The number of aromatic nitrogens is 1. The van der Waals surface area contributed by atoms with E-state index in [1.54, 1.807) is 31.5 Å². The number of nitrogens with zero attached hydrogens (tertiary/aromatic N) is 1. The zero-order chi connectivity index (χ0) is 20.5. The number of amides is 3. The summed E-state index contributed by atoms with van der Waals surface area (Å²) in [6.45, 7) is 5.81. The minimum Gasteiger partial charge on any atom is -0.445 e. The largest absolute Gasteiger partial charge is 0.445 e. The van der Waals surface area contributed by atoms with Crippen LogP contribution in [0.2, 0.25) is 0 Å². The molecule has 152 valence electrons. The third kappa shape index (κ3) is 6.50. The van der Waals surface area contributed by atoms with Crippen molar-refractivity contribution in [3.63, 3.8) is 0 Å². The van der Waals surface area contributed by atoms with E-state index in [0.717, 1.165) is 18.4 Å². The summed E-state index contributed by atoms with van der Waals surface area (Å²) < 4.78 is 11.1. The Bertz CT molecular complexity index is 805. The van der Waals surface area contributed by atoms with Crippen LogP contribution in [0.15, 0.2) is 24.4 Å². The first-order chi connectivity index (χ1) is 13.4. The lowest BCUT2D eigenvalue weighted by Gasteiger charge is -2.16. The number of nitrogens with one attached hydrogen (secondary N) is 3. The Kier molecular flexibility index (Phi) is 8.21. The lowest BCUT2D eigenvalue weighted by Crippen LogP contribution is -2.37. The van der Waals surface area contributed by atoms with Gasteiger partial charge in [0.05, 0.1) is 12.8 Å². The lowest BCUT2D eigenvalue weighted by atomic mass is 10.1. The highest BCUT2D eigenvalue weighted by atomic mass is 32.1. The van der Waals surface area contributed by atoms with Crippen molar-refractivity contribution in [2.45, 2.75) is 46.3 Å². The molecule has 0 bridgehead atoms. The minimum absolute atomic E-state index is 0.144. The Labute approximate surface area is 168 Å². The van der Waals surface area contributed by atoms with Crippen LogP contribution in [0, 0.1) is 0 Å². The van der Waals surface area contributed by atoms with Gasteiger partial charge < -0.3 is 25.4 Å². The van der Waals surface area contributed by atoms with Crippen molar-refractivity contribution in [2.75, 3.05) is 17.7 Å². The second-order valence-electron chi connectivity index (χ2n) is 6.14. The quantitative estimate of drug-likeness (QED) is 0.575. The molecule has 28 heavy (non-hydrogen) atoms. The number of rotatable bonds is 9. The number of benzene rings is 1. The molecule has 0 atom stereocenters. The molecule has 0 radical (unpaired) electrons. The first-order valence-corrected chi connectivity index (χ1v) is 9.87. The number of hydrogen-bond donors (Lipinski definition) is 3. The Morgan fingerprint density at radius 3 is 2.61 bits per heavy atom. The molecule has 0 spiro atoms. The fourth-order valence-electron chi connectivity index (χ4n) is 2.49. The Morgan fingerprint density at radius 1 is 1.21 bits per heavy atom. The summed E-state index contributed by atoms with van der Waals surface area (Å²) >= 11 is 1.22. The summed E-state index contributed by atoms with van der Waals surface area (Å²) in [5.41, 5.74) is 1.42. The van der Waals surface area contributed by atoms with Gasteiger partial charge in [-0.05, 0) is 31.0 Å². The van der Waals surface area contributed by atoms with Crippen LogP contribution in [-0.2, 0) is 16.1 Å². The number of carbonyl (C=O) groups is 2. The van der Waals surface area contributed by atoms with Gasteiger partial charge in [0.15, 0.2) is 5.13 Å². The van der Waals surface area contributed by atoms with Gasteiger partial charge in [-0.3, -0.25) is 4.79 Å². The van der Waals surface area contributed by atoms with Crippen molar-refractivity contribution >= 4 is 34.1 Å². The highest BCUT2D eigenvalue weighted by Gasteiger charge is 2.12. The van der Waals surface area contributed by atoms with E-state index in [2.05, 4.69) is 20.9 Å². The number of anilines is 2. The summed E-state index contributed by atoms with van der Waals surface area (Å²) in [6, 6.07) is 5.23. The average molecular weight is 407 g/mol. The molecule has 8 nitrogen and oxygen atoms in total. The molecule has 3 N–H and O–H groups in total. The molecular weight excluding hydrogens is 380 g/mol. The summed E-state index contributed by atoms with van der Waals surface area (Å²) in [4.78, 5) is 27.4. The monoisotopic (exact) mass is 406 g/mol. The molecular formula is C19H26N4O4S. The standard InChI is InChI=1S/C19H26N4O4S/c1-5-14(6-2)22-18(25)23-15-7-8-16(13(9-15)11-26-4)27-17-10-20-19(28-17)21-12(3)24/h7-10,14H,5-6,11H2,1-4H3,(H,20,21,24)(H2,22,23,25). The molecule has 0 fully saturated rings. The van der Waals surface area contributed by atoms with Gasteiger partial charge in [0.25, 0.3) is 0 Å². The van der Waals surface area contributed by atoms with Gasteiger partial charge in [-0.15, -0.1) is 0 Å². The van der Waals surface area contributed by atoms with E-state index >= 15 is 0 Å². The number of carbonyl (C=O) groups excluding carboxylic acids is 2. The van der Waals surface area contributed by atoms with Gasteiger partial charge in [0.1, 0.15) is 5.75 Å². The van der Waals surface area contributed by atoms with Crippen molar-refractivity contribution in [3.8, 4) is 10.8 Å². The number of thiazole rings is 1. The fourth-order valence-corrected chi connectivity index (χ4v) is 3.22. The van der Waals surface area contributed by atoms with Crippen LogP contribution in [0.25, 0.3) is 0 Å². The van der Waals surface area contributed by atoms with Crippen LogP contribution in [0.5, 0.6) is 10.8 Å². The van der Waals surface area contributed by atoms with E-state index in [-0.39, 0.29) is 18.0 Å². The van der Waals surface area contributed by atoms with Crippen LogP contribution in [0.1, 0.15) is 39.2 Å². The van der Waals surface area contributed by atoms with Crippen molar-refractivity contribution < 1.29 is 19.1 Å². The van der Waals surface area contributed by atoms with Gasteiger partial charge in [0, 0.05) is 31.3 Å². The molecule has 3 amide bonds. The number of urea groups is 1. The predicted molar refractivity (Wildman–Crippen MR) is 110 cm³/mol. The molecule has 1 heterocycles. The summed E-state index contributed by atoms with van der Waals surface area (Å²) in [5.74, 6) is 0.397. The Morgan fingerprint density at radius 2 is 1.96 bits per heavy atom. The van der Waals surface area contributed by atoms with E-state index in [9.17, 15) is 9.59 Å². The molecule has 0 unspecified atom stereocenters. The molecule has 1 aromatic carbocycles. The zero-order valence-electron chi connectivity index (χ0n) is 16.5. The second kappa shape index (κ2) is 10.6. The average Bonchev–Trinajstić information content (AvgIpc) is 3.08. The first-order valence-electron chi connectivity index (χ1n) is 9.05. The van der Waals surface area contributed by atoms with Crippen LogP contribution in [0.3, 0.4) is 0 Å². The number of methoxy groups -OCH3 is 1. The van der Waals surface area contributed by atoms with Crippen molar-refractivity contribution in [1.29, 1.82) is 0 Å². The third-order valence-electron chi connectivity index (χ3n) is 3.92. The molecule has 0 aliphatic carbocycles. The van der Waals surface area contributed by atoms with Crippen LogP contribution >= 0.6 is 11.3 Å². The first kappa shape index (κ1) is 21.6. The summed E-state index contributed by atoms with van der Waals surface area (Å²) in [6.07, 6.45) is 3.30. The van der Waals surface area contributed by atoms with Crippen LogP contribution in [-0.4, -0.2) is 30.1 Å². The van der Waals surface area contributed by atoms with Gasteiger partial charge in [-0.2, -0.15) is 0 Å². The van der Waals surface area contributed by atoms with Gasteiger partial charge >= 0.3 is 6.03 Å². The molecule has 2 rings (SSSR count). The van der Waals surface area contributed by atoms with Gasteiger partial charge in [-0.1, -0.05) is 25.2 Å². The Balaban J connectivity index is 2.10. The van der Waals surface area contributed by atoms with E-state index in [0.29, 0.717) is 28.2 Å². The maximum absolute atomic E-state index is 12.2. The molecule has 0 aliphatic rings. The molecule has 0 saturated heterocycles. The van der Waals surface area contributed by atoms with E-state index in [4.69, 9.17) is 9.47 Å². The van der Waals surface area contributed by atoms with E-state index in [1.165, 1.54) is 18.3 Å². The molecule has 1 aromatic heterocycles. The minimum atomic E-state index is -0.242. The van der Waals surface area contributed by atoms with Crippen LogP contribution in [0.4, 0.5) is 15.6 Å². The summed E-state index contributed by atoms with van der Waals surface area (Å²) in [7, 11) is 1.59. The predicted octanol–water partition coefficient (Wildman–Crippen LogP) is 4.35. The Hall–Kier alpha value is -2.65. The highest BCUT2D eigenvalue weighted by molar-refractivity contribution is 7.17. The fraction of sp³-hybridized carbons (Fsp3) is 0.421. The van der Waals surface area contributed by atoms with Crippen LogP contribution < -0.4 is 20.7 Å². The third-order valence-corrected chi connectivity index (χ3v) is 4.71. The highest BCUT2D eigenvalue weighted by Crippen LogP contribution is 2.33. The number of ether oxygens (including phenoxy) is 2. The van der Waals surface area contributed by atoms with Crippen molar-refractivity contribution in [1.82, 2.24) is 10.3 Å². The number of hydrogen-bond acceptors (Lipinski definition) is 6. The summed E-state index contributed by atoms with van der Waals surface area (Å²) in [5, 5.41) is 9.39. The second-order valence-corrected chi connectivity index (χ2v) is 7.13. The zero-order valence-corrected chi connectivity index (χ0v) is 17.3. The van der Waals surface area contributed by atoms with Crippen molar-refractivity contribution in [2.24, 2.45) is 0 Å². The maximum atomic E-state index is 12.2. The topological polar surface area (TPSA) is 102 Å². The van der Waals surface area contributed by atoms with Crippen molar-refractivity contribution in [3.05, 3.63) is 30.0 Å². The molecule has 2 aromatic rings. The van der Waals surface area contributed by atoms with E-state index < -0.39 is 0 Å². The van der Waals surface area contributed by atoms with Gasteiger partial charge in [-0.25, -0.2) is 9.78 Å². The van der Waals surface area contributed by atoms with E-state index in [1.807, 2.05) is 13.8 Å². The maximum Gasteiger partial charge on any atom is 0.319 e. The molecule has 0 aliphatic heterocycles. The van der Waals surface area contributed by atoms with Gasteiger partial charge in [0.2, 0.25) is 11.0 Å². The SMILES string of the molecule is CCC(CC)NC(=O)Nc1ccc(Oc2cnc(NC(C)=O)s2)c(COC)c1. The smallest absolute Gasteiger partial charge is 0.319 e. The molecule has 0 saturated carbocycles. The lowest BCUT2D eigenvalue weighted by molar-refractivity contribution is -0.114. The molecule has 9 heteroatoms. The normalized spacial score (nSPS) is 10.6.